The Bertz CT molecular complexity index is 233. The molecule has 0 unspecified atom stereocenters. The first-order valence-electron chi connectivity index (χ1n) is 3.30. The Morgan fingerprint density at radius 1 is 1.58 bits per heavy atom. The minimum atomic E-state index is -4.37. The smallest absolute Gasteiger partial charge is 0.273 e. The van der Waals surface area contributed by atoms with Crippen LogP contribution < -0.4 is 0 Å². The molecule has 0 fully saturated rings. The molecule has 1 heterocycles. The van der Waals surface area contributed by atoms with E-state index in [9.17, 15) is 18.0 Å². The monoisotopic (exact) mass is 180 g/mol. The van der Waals surface area contributed by atoms with Gasteiger partial charge in [0.15, 0.2) is 0 Å². The average molecular weight is 180 g/mol. The fraction of sp³-hybridized carbons (Fsp3) is 0.667. The maximum atomic E-state index is 11.7. The number of hydrazone groups is 1. The largest absolute Gasteiger partial charge is 0.408 e. The van der Waals surface area contributed by atoms with Crippen molar-refractivity contribution in [1.29, 1.82) is 0 Å². The molecule has 0 bridgehead atoms. The third kappa shape index (κ3) is 2.21. The molecule has 0 radical (unpaired) electrons. The summed E-state index contributed by atoms with van der Waals surface area (Å²) in [6.07, 6.45) is -4.38. The molecule has 1 aliphatic heterocycles. The van der Waals surface area contributed by atoms with E-state index in [0.29, 0.717) is 10.7 Å². The molecule has 1 aliphatic rings. The van der Waals surface area contributed by atoms with E-state index in [4.69, 9.17) is 0 Å². The van der Waals surface area contributed by atoms with Crippen LogP contribution in [0.2, 0.25) is 0 Å². The van der Waals surface area contributed by atoms with Crippen LogP contribution in [0.3, 0.4) is 0 Å². The van der Waals surface area contributed by atoms with Crippen molar-refractivity contribution in [2.24, 2.45) is 5.10 Å². The second-order valence-electron chi connectivity index (χ2n) is 2.58. The van der Waals surface area contributed by atoms with Crippen molar-refractivity contribution >= 4 is 11.6 Å². The Morgan fingerprint density at radius 3 is 2.50 bits per heavy atom. The number of hydrogen-bond acceptors (Lipinski definition) is 2. The average Bonchev–Trinajstić information content (AvgIpc) is 2.06. The van der Waals surface area contributed by atoms with Crippen molar-refractivity contribution in [2.75, 3.05) is 6.54 Å². The van der Waals surface area contributed by atoms with Gasteiger partial charge in [0, 0.05) is 5.71 Å². The van der Waals surface area contributed by atoms with Crippen LogP contribution in [0.4, 0.5) is 13.2 Å². The Labute approximate surface area is 66.8 Å². The molecule has 3 nitrogen and oxygen atoms in total. The molecule has 12 heavy (non-hydrogen) atoms. The fourth-order valence-corrected chi connectivity index (χ4v) is 0.901. The summed E-state index contributed by atoms with van der Waals surface area (Å²) >= 11 is 0. The van der Waals surface area contributed by atoms with Crippen LogP contribution in [-0.4, -0.2) is 29.3 Å². The Balaban J connectivity index is 2.60. The van der Waals surface area contributed by atoms with Gasteiger partial charge in [-0.15, -0.1) is 0 Å². The number of hydrogen-bond donors (Lipinski definition) is 0. The van der Waals surface area contributed by atoms with E-state index < -0.39 is 18.6 Å². The predicted octanol–water partition coefficient (Wildman–Crippen LogP) is 1.16. The highest BCUT2D eigenvalue weighted by Crippen LogP contribution is 2.19. The lowest BCUT2D eigenvalue weighted by molar-refractivity contribution is -0.159. The Morgan fingerprint density at radius 2 is 2.17 bits per heavy atom. The molecule has 0 spiro atoms. The molecule has 0 saturated carbocycles. The van der Waals surface area contributed by atoms with Crippen LogP contribution in [0.25, 0.3) is 0 Å². The van der Waals surface area contributed by atoms with E-state index in [1.54, 1.807) is 0 Å². The molecular formula is C6H7F3N2O. The maximum Gasteiger partial charge on any atom is 0.408 e. The first kappa shape index (κ1) is 9.02. The van der Waals surface area contributed by atoms with Crippen molar-refractivity contribution < 1.29 is 18.0 Å². The van der Waals surface area contributed by atoms with Gasteiger partial charge in [0.1, 0.15) is 6.54 Å². The van der Waals surface area contributed by atoms with Gasteiger partial charge in [0.05, 0.1) is 6.42 Å². The van der Waals surface area contributed by atoms with Crippen molar-refractivity contribution in [1.82, 2.24) is 5.01 Å². The normalized spacial score (nSPS) is 18.5. The molecule has 68 valence electrons. The zero-order chi connectivity index (χ0) is 9.35. The lowest BCUT2D eigenvalue weighted by Gasteiger charge is -2.13. The molecule has 1 rings (SSSR count). The van der Waals surface area contributed by atoms with Gasteiger partial charge in [0.2, 0.25) is 5.91 Å². The standard InChI is InChI=1S/C6H7F3N2O/c1-4-2-5(12)11(10-4)3-6(7,8)9/h2-3H2,1H3. The Hall–Kier alpha value is -1.07. The van der Waals surface area contributed by atoms with Crippen LogP contribution in [0.5, 0.6) is 0 Å². The number of amides is 1. The molecule has 0 aliphatic carbocycles. The van der Waals surface area contributed by atoms with Crippen LogP contribution in [-0.2, 0) is 4.79 Å². The molecular weight excluding hydrogens is 173 g/mol. The van der Waals surface area contributed by atoms with Crippen molar-refractivity contribution in [3.05, 3.63) is 0 Å². The summed E-state index contributed by atoms with van der Waals surface area (Å²) < 4.78 is 35.2. The quantitative estimate of drug-likeness (QED) is 0.595. The topological polar surface area (TPSA) is 32.7 Å². The molecule has 1 amide bonds. The van der Waals surface area contributed by atoms with Crippen LogP contribution in [0.15, 0.2) is 5.10 Å². The van der Waals surface area contributed by atoms with E-state index in [1.165, 1.54) is 6.92 Å². The van der Waals surface area contributed by atoms with E-state index >= 15 is 0 Å². The minimum absolute atomic E-state index is 0.00389. The van der Waals surface area contributed by atoms with Crippen LogP contribution in [0.1, 0.15) is 13.3 Å². The van der Waals surface area contributed by atoms with E-state index in [-0.39, 0.29) is 6.42 Å². The third-order valence-electron chi connectivity index (χ3n) is 1.32. The number of rotatable bonds is 1. The zero-order valence-electron chi connectivity index (χ0n) is 6.35. The van der Waals surface area contributed by atoms with Gasteiger partial charge >= 0.3 is 6.18 Å². The summed E-state index contributed by atoms with van der Waals surface area (Å²) in [5.41, 5.74) is 0.421. The van der Waals surface area contributed by atoms with Gasteiger partial charge in [-0.25, -0.2) is 5.01 Å². The molecule has 0 N–H and O–H groups in total. The summed E-state index contributed by atoms with van der Waals surface area (Å²) in [5.74, 6) is -0.593. The minimum Gasteiger partial charge on any atom is -0.273 e. The summed E-state index contributed by atoms with van der Waals surface area (Å²) in [5, 5.41) is 3.89. The van der Waals surface area contributed by atoms with Gasteiger partial charge < -0.3 is 0 Å². The lowest BCUT2D eigenvalue weighted by atomic mass is 10.3. The molecule has 0 atom stereocenters. The second kappa shape index (κ2) is 2.76. The van der Waals surface area contributed by atoms with E-state index in [1.807, 2.05) is 0 Å². The molecule has 0 aromatic carbocycles. The van der Waals surface area contributed by atoms with Crippen molar-refractivity contribution in [3.63, 3.8) is 0 Å². The SMILES string of the molecule is CC1=NN(CC(F)(F)F)C(=O)C1. The maximum absolute atomic E-state index is 11.7. The summed E-state index contributed by atoms with van der Waals surface area (Å²) in [6, 6.07) is 0. The van der Waals surface area contributed by atoms with Gasteiger partial charge in [-0.3, -0.25) is 4.79 Å². The molecule has 6 heteroatoms. The van der Waals surface area contributed by atoms with E-state index in [2.05, 4.69) is 5.10 Å². The second-order valence-corrected chi connectivity index (χ2v) is 2.58. The molecule has 0 aromatic heterocycles. The summed E-state index contributed by atoms with van der Waals surface area (Å²) in [4.78, 5) is 10.8. The molecule has 0 aromatic rings. The third-order valence-corrected chi connectivity index (χ3v) is 1.32. The zero-order valence-corrected chi connectivity index (χ0v) is 6.35. The van der Waals surface area contributed by atoms with E-state index in [0.717, 1.165) is 0 Å². The van der Waals surface area contributed by atoms with Gasteiger partial charge in [0.25, 0.3) is 0 Å². The van der Waals surface area contributed by atoms with Gasteiger partial charge in [-0.05, 0) is 6.92 Å². The fourth-order valence-electron chi connectivity index (χ4n) is 0.901. The summed E-state index contributed by atoms with van der Waals surface area (Å²) in [6.45, 7) is 0.234. The lowest BCUT2D eigenvalue weighted by Crippen LogP contribution is -2.32. The number of carbonyl (C=O) groups excluding carboxylic acids is 1. The predicted molar refractivity (Wildman–Crippen MR) is 35.5 cm³/mol. The van der Waals surface area contributed by atoms with Gasteiger partial charge in [-0.1, -0.05) is 0 Å². The van der Waals surface area contributed by atoms with Crippen LogP contribution in [0, 0.1) is 0 Å². The number of nitrogens with zero attached hydrogens (tertiary/aromatic N) is 2. The Kier molecular flexibility index (Phi) is 2.08. The van der Waals surface area contributed by atoms with Crippen LogP contribution >= 0.6 is 0 Å². The number of alkyl halides is 3. The number of halogens is 3. The van der Waals surface area contributed by atoms with Crippen molar-refractivity contribution in [2.45, 2.75) is 19.5 Å². The highest BCUT2D eigenvalue weighted by Gasteiger charge is 2.35. The highest BCUT2D eigenvalue weighted by atomic mass is 19.4. The molecule has 0 saturated heterocycles. The first-order valence-corrected chi connectivity index (χ1v) is 3.30. The van der Waals surface area contributed by atoms with Gasteiger partial charge in [-0.2, -0.15) is 18.3 Å². The number of carbonyl (C=O) groups is 1. The summed E-state index contributed by atoms with van der Waals surface area (Å²) in [7, 11) is 0. The first-order chi connectivity index (χ1) is 5.38. The highest BCUT2D eigenvalue weighted by molar-refractivity contribution is 6.03. The van der Waals surface area contributed by atoms with Crippen molar-refractivity contribution in [3.8, 4) is 0 Å².